The Morgan fingerprint density at radius 2 is 2.30 bits per heavy atom. The summed E-state index contributed by atoms with van der Waals surface area (Å²) in [6, 6.07) is 3.49. The lowest BCUT2D eigenvalue weighted by Gasteiger charge is -2.33. The van der Waals surface area contributed by atoms with Gasteiger partial charge in [-0.05, 0) is 19.1 Å². The summed E-state index contributed by atoms with van der Waals surface area (Å²) < 4.78 is 28.2. The minimum Gasteiger partial charge on any atom is -0.467 e. The molecule has 1 aromatic rings. The minimum atomic E-state index is -2.94. The third-order valence-corrected chi connectivity index (χ3v) is 5.34. The molecule has 1 aromatic heterocycles. The molecule has 1 amide bonds. The summed E-state index contributed by atoms with van der Waals surface area (Å²) in [6.07, 6.45) is 1.57. The Kier molecular flexibility index (Phi) is 4.49. The van der Waals surface area contributed by atoms with Gasteiger partial charge < -0.3 is 9.32 Å². The predicted molar refractivity (Wildman–Crippen MR) is 74.9 cm³/mol. The summed E-state index contributed by atoms with van der Waals surface area (Å²) in [5, 5.41) is 0. The van der Waals surface area contributed by atoms with E-state index in [0.29, 0.717) is 13.1 Å². The fourth-order valence-electron chi connectivity index (χ4n) is 2.29. The molecule has 0 aliphatic carbocycles. The van der Waals surface area contributed by atoms with Gasteiger partial charge in [0.1, 0.15) is 5.76 Å². The van der Waals surface area contributed by atoms with Crippen molar-refractivity contribution in [1.82, 2.24) is 9.80 Å². The molecule has 0 aromatic carbocycles. The van der Waals surface area contributed by atoms with Gasteiger partial charge in [0.05, 0.1) is 30.9 Å². The number of furan rings is 1. The van der Waals surface area contributed by atoms with Gasteiger partial charge in [-0.3, -0.25) is 9.69 Å². The maximum Gasteiger partial charge on any atom is 0.236 e. The molecule has 0 radical (unpaired) electrons. The normalized spacial score (nSPS) is 22.6. The number of carbonyl (C=O) groups is 1. The first-order valence-corrected chi connectivity index (χ1v) is 8.40. The first-order valence-electron chi connectivity index (χ1n) is 6.58. The largest absolute Gasteiger partial charge is 0.467 e. The van der Waals surface area contributed by atoms with Crippen LogP contribution in [0.15, 0.2) is 22.8 Å². The molecule has 0 bridgehead atoms. The van der Waals surface area contributed by atoms with Crippen molar-refractivity contribution in [3.8, 4) is 0 Å². The topological polar surface area (TPSA) is 70.8 Å². The average molecular weight is 300 g/mol. The van der Waals surface area contributed by atoms with Crippen LogP contribution in [0.5, 0.6) is 0 Å². The molecule has 1 unspecified atom stereocenters. The second kappa shape index (κ2) is 5.97. The van der Waals surface area contributed by atoms with Crippen LogP contribution in [0.3, 0.4) is 0 Å². The number of nitrogens with zero attached hydrogens (tertiary/aromatic N) is 2. The van der Waals surface area contributed by atoms with E-state index >= 15 is 0 Å². The Hall–Kier alpha value is -1.34. The Morgan fingerprint density at radius 1 is 1.55 bits per heavy atom. The number of amides is 1. The van der Waals surface area contributed by atoms with E-state index in [2.05, 4.69) is 0 Å². The molecular weight excluding hydrogens is 280 g/mol. The van der Waals surface area contributed by atoms with E-state index in [1.54, 1.807) is 24.3 Å². The van der Waals surface area contributed by atoms with Crippen LogP contribution >= 0.6 is 0 Å². The number of sulfone groups is 1. The van der Waals surface area contributed by atoms with Crippen LogP contribution < -0.4 is 0 Å². The monoisotopic (exact) mass is 300 g/mol. The highest BCUT2D eigenvalue weighted by Crippen LogP contribution is 2.12. The van der Waals surface area contributed by atoms with E-state index in [0.717, 1.165) is 5.76 Å². The van der Waals surface area contributed by atoms with Gasteiger partial charge >= 0.3 is 0 Å². The molecule has 0 saturated carbocycles. The van der Waals surface area contributed by atoms with Crippen molar-refractivity contribution >= 4 is 15.7 Å². The summed E-state index contributed by atoms with van der Waals surface area (Å²) in [6.45, 7) is 2.93. The fourth-order valence-corrected chi connectivity index (χ4v) is 3.91. The SMILES string of the molecule is CC1CS(=O)(=O)CCN1CC(=O)N(C)Cc1ccco1. The standard InChI is InChI=1S/C13H20N2O4S/c1-11-10-20(17,18)7-5-15(11)9-13(16)14(2)8-12-4-3-6-19-12/h3-4,6,11H,5,7-10H2,1-2H3. The van der Waals surface area contributed by atoms with Gasteiger partial charge in [-0.25, -0.2) is 8.42 Å². The zero-order valence-corrected chi connectivity index (χ0v) is 12.6. The Morgan fingerprint density at radius 3 is 2.90 bits per heavy atom. The van der Waals surface area contributed by atoms with Crippen LogP contribution in [0.2, 0.25) is 0 Å². The van der Waals surface area contributed by atoms with Crippen molar-refractivity contribution in [3.05, 3.63) is 24.2 Å². The summed E-state index contributed by atoms with van der Waals surface area (Å²) in [5.41, 5.74) is 0. The first-order chi connectivity index (χ1) is 9.37. The molecule has 1 aliphatic rings. The van der Waals surface area contributed by atoms with Crippen molar-refractivity contribution in [2.45, 2.75) is 19.5 Å². The molecule has 0 N–H and O–H groups in total. The molecule has 1 fully saturated rings. The second-order valence-electron chi connectivity index (χ2n) is 5.26. The quantitative estimate of drug-likeness (QED) is 0.803. The molecule has 6 nitrogen and oxygen atoms in total. The van der Waals surface area contributed by atoms with E-state index < -0.39 is 9.84 Å². The molecule has 0 spiro atoms. The molecule has 1 saturated heterocycles. The van der Waals surface area contributed by atoms with E-state index in [1.165, 1.54) is 0 Å². The van der Waals surface area contributed by atoms with Crippen molar-refractivity contribution in [2.75, 3.05) is 31.6 Å². The zero-order chi connectivity index (χ0) is 14.8. The highest BCUT2D eigenvalue weighted by atomic mass is 32.2. The summed E-state index contributed by atoms with van der Waals surface area (Å²) in [4.78, 5) is 15.6. The number of hydrogen-bond donors (Lipinski definition) is 0. The third kappa shape index (κ3) is 3.83. The van der Waals surface area contributed by atoms with E-state index in [1.807, 2.05) is 17.9 Å². The van der Waals surface area contributed by atoms with Gasteiger partial charge in [0.2, 0.25) is 5.91 Å². The lowest BCUT2D eigenvalue weighted by atomic mass is 10.3. The number of rotatable bonds is 4. The predicted octanol–water partition coefficient (Wildman–Crippen LogP) is 0.357. The van der Waals surface area contributed by atoms with Crippen LogP contribution in [0.1, 0.15) is 12.7 Å². The van der Waals surface area contributed by atoms with E-state index in [9.17, 15) is 13.2 Å². The van der Waals surface area contributed by atoms with Crippen molar-refractivity contribution in [3.63, 3.8) is 0 Å². The van der Waals surface area contributed by atoms with Crippen LogP contribution in [0, 0.1) is 0 Å². The highest BCUT2D eigenvalue weighted by Gasteiger charge is 2.29. The second-order valence-corrected chi connectivity index (χ2v) is 7.49. The van der Waals surface area contributed by atoms with Gasteiger partial charge in [-0.15, -0.1) is 0 Å². The fraction of sp³-hybridized carbons (Fsp3) is 0.615. The molecule has 112 valence electrons. The smallest absolute Gasteiger partial charge is 0.236 e. The number of carbonyl (C=O) groups excluding carboxylic acids is 1. The maximum absolute atomic E-state index is 12.1. The summed E-state index contributed by atoms with van der Waals surface area (Å²) in [7, 11) is -1.23. The minimum absolute atomic E-state index is 0.0347. The lowest BCUT2D eigenvalue weighted by molar-refractivity contribution is -0.132. The molecule has 1 atom stereocenters. The molecule has 20 heavy (non-hydrogen) atoms. The molecule has 2 rings (SSSR count). The van der Waals surface area contributed by atoms with Gasteiger partial charge in [0, 0.05) is 19.6 Å². The zero-order valence-electron chi connectivity index (χ0n) is 11.8. The molecule has 2 heterocycles. The molecule has 1 aliphatic heterocycles. The maximum atomic E-state index is 12.1. The van der Waals surface area contributed by atoms with Crippen LogP contribution in [0.25, 0.3) is 0 Å². The first kappa shape index (κ1) is 15.1. The van der Waals surface area contributed by atoms with Gasteiger partial charge in [-0.1, -0.05) is 0 Å². The van der Waals surface area contributed by atoms with E-state index in [-0.39, 0.29) is 30.0 Å². The molecular formula is C13H20N2O4S. The third-order valence-electron chi connectivity index (χ3n) is 3.55. The van der Waals surface area contributed by atoms with Crippen molar-refractivity contribution in [1.29, 1.82) is 0 Å². The van der Waals surface area contributed by atoms with Gasteiger partial charge in [0.15, 0.2) is 9.84 Å². The van der Waals surface area contributed by atoms with Crippen LogP contribution in [-0.2, 0) is 21.2 Å². The van der Waals surface area contributed by atoms with Crippen LogP contribution in [0.4, 0.5) is 0 Å². The molecule has 7 heteroatoms. The van der Waals surface area contributed by atoms with Gasteiger partial charge in [-0.2, -0.15) is 0 Å². The van der Waals surface area contributed by atoms with Crippen molar-refractivity contribution < 1.29 is 17.6 Å². The van der Waals surface area contributed by atoms with Gasteiger partial charge in [0.25, 0.3) is 0 Å². The summed E-state index contributed by atoms with van der Waals surface area (Å²) >= 11 is 0. The Bertz CT molecular complexity index is 553. The average Bonchev–Trinajstić information content (AvgIpc) is 2.84. The number of hydrogen-bond acceptors (Lipinski definition) is 5. The van der Waals surface area contributed by atoms with E-state index in [4.69, 9.17) is 4.42 Å². The Balaban J connectivity index is 1.88. The lowest BCUT2D eigenvalue weighted by Crippen LogP contribution is -2.50. The van der Waals surface area contributed by atoms with Crippen LogP contribution in [-0.4, -0.2) is 61.8 Å². The number of likely N-dealkylation sites (N-methyl/N-ethyl adjacent to an activating group) is 1. The highest BCUT2D eigenvalue weighted by molar-refractivity contribution is 7.91. The van der Waals surface area contributed by atoms with Crippen molar-refractivity contribution in [2.24, 2.45) is 0 Å². The summed E-state index contributed by atoms with van der Waals surface area (Å²) in [5.74, 6) is 0.956. The Labute approximate surface area is 119 Å².